The van der Waals surface area contributed by atoms with Gasteiger partial charge in [-0.05, 0) is 43.1 Å². The first-order valence-electron chi connectivity index (χ1n) is 10.4. The lowest BCUT2D eigenvalue weighted by molar-refractivity contribution is -0.111. The molecule has 0 atom stereocenters. The fourth-order valence-corrected chi connectivity index (χ4v) is 4.16. The average molecular weight is 414 g/mol. The van der Waals surface area contributed by atoms with Gasteiger partial charge in [-0.1, -0.05) is 20.8 Å². The van der Waals surface area contributed by atoms with Crippen LogP contribution in [-0.4, -0.2) is 25.2 Å². The number of carbonyl (C=O) groups excluding carboxylic acids is 1. The van der Waals surface area contributed by atoms with E-state index in [0.29, 0.717) is 17.2 Å². The van der Waals surface area contributed by atoms with Crippen LogP contribution in [-0.2, 0) is 18.9 Å². The number of anilines is 1. The highest BCUT2D eigenvalue weighted by atomic mass is 16.2. The molecule has 2 aromatic heterocycles. The summed E-state index contributed by atoms with van der Waals surface area (Å²) in [5.41, 5.74) is 0.787. The van der Waals surface area contributed by atoms with Crippen LogP contribution in [0.5, 0.6) is 0 Å². The highest BCUT2D eigenvalue weighted by molar-refractivity contribution is 6.01. The van der Waals surface area contributed by atoms with Crippen molar-refractivity contribution in [2.24, 2.45) is 25.4 Å². The van der Waals surface area contributed by atoms with E-state index in [4.69, 9.17) is 0 Å². The lowest BCUT2D eigenvalue weighted by Crippen LogP contribution is -2.37. The first kappa shape index (κ1) is 21.8. The molecule has 3 rings (SSSR count). The van der Waals surface area contributed by atoms with Crippen LogP contribution in [0, 0.1) is 11.3 Å². The zero-order chi connectivity index (χ0) is 22.1. The van der Waals surface area contributed by atoms with Crippen molar-refractivity contribution in [1.82, 2.24) is 19.3 Å². The first-order chi connectivity index (χ1) is 14.1. The molecule has 162 valence electrons. The van der Waals surface area contributed by atoms with E-state index in [0.717, 1.165) is 29.0 Å². The zero-order valence-corrected chi connectivity index (χ0v) is 18.4. The van der Waals surface area contributed by atoms with Gasteiger partial charge in [0.1, 0.15) is 0 Å². The van der Waals surface area contributed by atoms with Crippen molar-refractivity contribution >= 4 is 17.8 Å². The number of hydrogen-bond acceptors (Lipinski definition) is 4. The van der Waals surface area contributed by atoms with E-state index in [1.807, 2.05) is 6.07 Å². The van der Waals surface area contributed by atoms with E-state index in [1.165, 1.54) is 42.8 Å². The van der Waals surface area contributed by atoms with E-state index in [1.54, 1.807) is 7.05 Å². The van der Waals surface area contributed by atoms with Gasteiger partial charge in [-0.3, -0.25) is 19.3 Å². The van der Waals surface area contributed by atoms with Crippen molar-refractivity contribution in [3.8, 4) is 0 Å². The Balaban J connectivity index is 1.62. The van der Waals surface area contributed by atoms with Crippen LogP contribution in [0.25, 0.3) is 6.08 Å². The standard InChI is InChI=1S/C22H31N5O3/c1-22(2,3)16-9-6-14(7-10-16)17-12-18(25-24-17)23-19(28)11-8-15-13-26(4)21(30)27(5)20(15)29/h8,11-14,16H,6-7,9-10H2,1-5H3,(H2,23,24,25,28). The Bertz CT molecular complexity index is 1060. The third-order valence-electron chi connectivity index (χ3n) is 6.13. The monoisotopic (exact) mass is 413 g/mol. The highest BCUT2D eigenvalue weighted by Crippen LogP contribution is 2.42. The maximum Gasteiger partial charge on any atom is 0.330 e. The predicted molar refractivity (Wildman–Crippen MR) is 117 cm³/mol. The van der Waals surface area contributed by atoms with Gasteiger partial charge >= 0.3 is 5.69 Å². The van der Waals surface area contributed by atoms with Crippen LogP contribution in [0.1, 0.15) is 63.6 Å². The minimum Gasteiger partial charge on any atom is -0.306 e. The summed E-state index contributed by atoms with van der Waals surface area (Å²) < 4.78 is 2.30. The average Bonchev–Trinajstić information content (AvgIpc) is 3.16. The molecule has 1 aliphatic rings. The van der Waals surface area contributed by atoms with Gasteiger partial charge in [0.2, 0.25) is 5.91 Å². The molecule has 0 aliphatic heterocycles. The number of H-pyrrole nitrogens is 1. The molecule has 2 aromatic rings. The fraction of sp³-hybridized carbons (Fsp3) is 0.545. The number of aromatic nitrogens is 4. The lowest BCUT2D eigenvalue weighted by atomic mass is 9.69. The lowest BCUT2D eigenvalue weighted by Gasteiger charge is -2.36. The third-order valence-corrected chi connectivity index (χ3v) is 6.13. The summed E-state index contributed by atoms with van der Waals surface area (Å²) >= 11 is 0. The fourth-order valence-electron chi connectivity index (χ4n) is 4.16. The van der Waals surface area contributed by atoms with E-state index in [-0.39, 0.29) is 11.5 Å². The van der Waals surface area contributed by atoms with Crippen molar-refractivity contribution in [3.63, 3.8) is 0 Å². The summed E-state index contributed by atoms with van der Waals surface area (Å²) in [6, 6.07) is 1.89. The first-order valence-corrected chi connectivity index (χ1v) is 10.4. The maximum atomic E-state index is 12.2. The van der Waals surface area contributed by atoms with Gasteiger partial charge in [0, 0.05) is 44.0 Å². The highest BCUT2D eigenvalue weighted by Gasteiger charge is 2.30. The maximum absolute atomic E-state index is 12.2. The van der Waals surface area contributed by atoms with Crippen molar-refractivity contribution in [2.75, 3.05) is 5.32 Å². The number of nitrogens with one attached hydrogen (secondary N) is 2. The van der Waals surface area contributed by atoms with Crippen LogP contribution in [0.2, 0.25) is 0 Å². The molecule has 8 nitrogen and oxygen atoms in total. The van der Waals surface area contributed by atoms with Crippen molar-refractivity contribution in [3.05, 3.63) is 50.4 Å². The van der Waals surface area contributed by atoms with E-state index in [2.05, 4.69) is 36.3 Å². The molecular formula is C22H31N5O3. The Hall–Kier alpha value is -2.90. The van der Waals surface area contributed by atoms with Crippen LogP contribution >= 0.6 is 0 Å². The molecule has 0 saturated heterocycles. The second kappa shape index (κ2) is 8.45. The Morgan fingerprint density at radius 3 is 2.50 bits per heavy atom. The molecule has 1 amide bonds. The summed E-state index contributed by atoms with van der Waals surface area (Å²) in [5, 5.41) is 9.99. The second-order valence-corrected chi connectivity index (χ2v) is 9.29. The third kappa shape index (κ3) is 4.80. The van der Waals surface area contributed by atoms with Crippen molar-refractivity contribution in [1.29, 1.82) is 0 Å². The van der Waals surface area contributed by atoms with Crippen molar-refractivity contribution in [2.45, 2.75) is 52.4 Å². The van der Waals surface area contributed by atoms with Gasteiger partial charge in [0.25, 0.3) is 5.56 Å². The van der Waals surface area contributed by atoms with E-state index >= 15 is 0 Å². The number of hydrogen-bond donors (Lipinski definition) is 2. The Kier molecular flexibility index (Phi) is 6.14. The summed E-state index contributed by atoms with van der Waals surface area (Å²) in [5.74, 6) is 1.25. The van der Waals surface area contributed by atoms with Gasteiger partial charge in [0.05, 0.1) is 5.56 Å². The molecule has 0 radical (unpaired) electrons. The minimum absolute atomic E-state index is 0.257. The molecule has 0 aromatic carbocycles. The summed E-state index contributed by atoms with van der Waals surface area (Å²) in [6.45, 7) is 6.92. The SMILES string of the molecule is Cn1cc(C=CC(=O)Nc2cc(C3CCC(C(C)(C)C)CC3)[nH]n2)c(=O)n(C)c1=O. The normalized spacial score (nSPS) is 19.9. The molecule has 0 spiro atoms. The van der Waals surface area contributed by atoms with E-state index < -0.39 is 11.2 Å². The number of nitrogens with zero attached hydrogens (tertiary/aromatic N) is 3. The van der Waals surface area contributed by atoms with E-state index in [9.17, 15) is 14.4 Å². The number of carbonyl (C=O) groups is 1. The molecule has 1 saturated carbocycles. The summed E-state index contributed by atoms with van der Waals surface area (Å²) in [4.78, 5) is 36.1. The zero-order valence-electron chi connectivity index (χ0n) is 18.4. The Morgan fingerprint density at radius 2 is 1.87 bits per heavy atom. The quantitative estimate of drug-likeness (QED) is 0.753. The molecule has 1 fully saturated rings. The van der Waals surface area contributed by atoms with Crippen LogP contribution < -0.4 is 16.6 Å². The van der Waals surface area contributed by atoms with Gasteiger partial charge in [-0.15, -0.1) is 0 Å². The Labute approximate surface area is 176 Å². The van der Waals surface area contributed by atoms with Gasteiger partial charge in [0.15, 0.2) is 5.82 Å². The summed E-state index contributed by atoms with van der Waals surface area (Å²) in [6.07, 6.45) is 8.72. The van der Waals surface area contributed by atoms with Crippen LogP contribution in [0.3, 0.4) is 0 Å². The number of amides is 1. The molecule has 30 heavy (non-hydrogen) atoms. The molecular weight excluding hydrogens is 382 g/mol. The number of aromatic amines is 1. The molecule has 0 bridgehead atoms. The van der Waals surface area contributed by atoms with Crippen LogP contribution in [0.4, 0.5) is 5.82 Å². The second-order valence-electron chi connectivity index (χ2n) is 9.29. The molecule has 0 unspecified atom stereocenters. The van der Waals surface area contributed by atoms with Crippen LogP contribution in [0.15, 0.2) is 27.9 Å². The van der Waals surface area contributed by atoms with Gasteiger partial charge in [-0.2, -0.15) is 5.10 Å². The molecule has 8 heteroatoms. The molecule has 2 N–H and O–H groups in total. The topological polar surface area (TPSA) is 102 Å². The number of rotatable bonds is 4. The smallest absolute Gasteiger partial charge is 0.306 e. The minimum atomic E-state index is -0.449. The van der Waals surface area contributed by atoms with Gasteiger partial charge in [-0.25, -0.2) is 4.79 Å². The largest absolute Gasteiger partial charge is 0.330 e. The van der Waals surface area contributed by atoms with Gasteiger partial charge < -0.3 is 9.88 Å². The predicted octanol–water partition coefficient (Wildman–Crippen LogP) is 2.78. The Morgan fingerprint density at radius 1 is 1.20 bits per heavy atom. The summed E-state index contributed by atoms with van der Waals surface area (Å²) in [7, 11) is 2.96. The molecule has 2 heterocycles. The number of aryl methyl sites for hydroxylation is 1. The van der Waals surface area contributed by atoms with Crippen molar-refractivity contribution < 1.29 is 4.79 Å². The molecule has 1 aliphatic carbocycles.